The minimum absolute atomic E-state index is 0.0964. The van der Waals surface area contributed by atoms with Crippen LogP contribution in [0.25, 0.3) is 0 Å². The van der Waals surface area contributed by atoms with Gasteiger partial charge in [-0.3, -0.25) is 0 Å². The second-order valence-electron chi connectivity index (χ2n) is 11.6. The fourth-order valence-corrected chi connectivity index (χ4v) is 14.9. The van der Waals surface area contributed by atoms with Crippen molar-refractivity contribution in [1.29, 1.82) is 0 Å². The Hall–Kier alpha value is -2.34. The van der Waals surface area contributed by atoms with Gasteiger partial charge in [0.1, 0.15) is 0 Å². The van der Waals surface area contributed by atoms with Crippen molar-refractivity contribution in [3.8, 4) is 17.2 Å². The topological polar surface area (TPSA) is 158 Å². The van der Waals surface area contributed by atoms with E-state index in [1.54, 1.807) is 98.7 Å². The Morgan fingerprint density at radius 2 is 0.696 bits per heavy atom. The molecule has 0 saturated carbocycles. The first kappa shape index (κ1) is 38.1. The number of hydrogen-bond acceptors (Lipinski definition) is 12. The van der Waals surface area contributed by atoms with Crippen molar-refractivity contribution in [3.63, 3.8) is 0 Å². The summed E-state index contributed by atoms with van der Waals surface area (Å²) in [6.07, 6.45) is 0. The van der Waals surface area contributed by atoms with Gasteiger partial charge in [-0.25, -0.2) is 0 Å². The molecule has 12 nitrogen and oxygen atoms in total. The molecule has 0 aliphatic rings. The molecule has 0 heterocycles. The molecule has 0 saturated heterocycles. The van der Waals surface area contributed by atoms with Gasteiger partial charge in [0.25, 0.3) is 0 Å². The molecule has 0 amide bonds. The normalized spacial score (nSPS) is 12.5. The monoisotopic (exact) mass is 802 g/mol. The predicted molar refractivity (Wildman–Crippen MR) is 173 cm³/mol. The van der Waals surface area contributed by atoms with Gasteiger partial charge in [0, 0.05) is 0 Å². The SMILES string of the molecule is Cc1ccc(C(C)C)c(OS(=O)(=O)[O][In]([O]S(=O)(=O)Oc2cc(C)ccc2C(C)C)[O]S(=O)(=O)Oc2cc(C)ccc2C(C)C)c1. The average Bonchev–Trinajstić information content (AvgIpc) is 2.86. The number of aryl methyl sites for hydroxylation is 3. The van der Waals surface area contributed by atoms with Crippen LogP contribution >= 0.6 is 0 Å². The molecule has 3 rings (SSSR count). The number of hydrogen-bond donors (Lipinski definition) is 0. The van der Waals surface area contributed by atoms with E-state index in [0.29, 0.717) is 33.4 Å². The third kappa shape index (κ3) is 11.1. The average molecular weight is 803 g/mol. The molecule has 0 atom stereocenters. The van der Waals surface area contributed by atoms with Crippen molar-refractivity contribution in [3.05, 3.63) is 88.0 Å². The van der Waals surface area contributed by atoms with Gasteiger partial charge < -0.3 is 0 Å². The Bertz CT molecular complexity index is 1650. The van der Waals surface area contributed by atoms with Crippen LogP contribution in [0.1, 0.15) is 92.7 Å². The molecule has 3 aromatic rings. The molecule has 46 heavy (non-hydrogen) atoms. The summed E-state index contributed by atoms with van der Waals surface area (Å²) in [7, 11) is -15.5. The Morgan fingerprint density at radius 3 is 0.913 bits per heavy atom. The summed E-state index contributed by atoms with van der Waals surface area (Å²) >= 11 is -5.77. The molecule has 0 N–H and O–H groups in total. The van der Waals surface area contributed by atoms with Crippen LogP contribution in [0.4, 0.5) is 0 Å². The van der Waals surface area contributed by atoms with Crippen molar-refractivity contribution in [2.75, 3.05) is 0 Å². The van der Waals surface area contributed by atoms with Gasteiger partial charge in [0.05, 0.1) is 0 Å². The second kappa shape index (κ2) is 15.3. The summed E-state index contributed by atoms with van der Waals surface area (Å²) in [4.78, 5) is 0. The van der Waals surface area contributed by atoms with Crippen LogP contribution < -0.4 is 12.5 Å². The number of benzene rings is 3. The first-order valence-electron chi connectivity index (χ1n) is 14.4. The molecule has 0 unspecified atom stereocenters. The van der Waals surface area contributed by atoms with Gasteiger partial charge in [-0.2, -0.15) is 0 Å². The third-order valence-corrected chi connectivity index (χ3v) is 19.0. The molecule has 0 aliphatic heterocycles. The molecule has 0 fully saturated rings. The maximum absolute atomic E-state index is 13.1. The maximum atomic E-state index is 13.1. The van der Waals surface area contributed by atoms with Gasteiger partial charge in [0.15, 0.2) is 0 Å². The van der Waals surface area contributed by atoms with Gasteiger partial charge in [-0.05, 0) is 0 Å². The molecule has 0 aromatic heterocycles. The van der Waals surface area contributed by atoms with Crippen LogP contribution in [0.5, 0.6) is 17.2 Å². The molecular formula is C30H39InO12S3. The van der Waals surface area contributed by atoms with E-state index < -0.39 is 53.9 Å². The summed E-state index contributed by atoms with van der Waals surface area (Å²) in [6, 6.07) is 14.6. The van der Waals surface area contributed by atoms with Crippen molar-refractivity contribution >= 4 is 53.9 Å². The van der Waals surface area contributed by atoms with Crippen LogP contribution in [0.2, 0.25) is 0 Å². The van der Waals surface area contributed by atoms with Gasteiger partial charge in [0.2, 0.25) is 0 Å². The molecule has 0 aliphatic carbocycles. The van der Waals surface area contributed by atoms with E-state index in [1.807, 2.05) is 0 Å². The van der Waals surface area contributed by atoms with E-state index in [4.69, 9.17) is 19.5 Å². The van der Waals surface area contributed by atoms with E-state index >= 15 is 0 Å². The zero-order valence-corrected chi connectivity index (χ0v) is 32.9. The summed E-state index contributed by atoms with van der Waals surface area (Å²) in [6.45, 7) is 16.0. The van der Waals surface area contributed by atoms with Crippen LogP contribution in [0, 0.1) is 20.8 Å². The Labute approximate surface area is 282 Å². The fraction of sp³-hybridized carbons (Fsp3) is 0.400. The first-order valence-corrected chi connectivity index (χ1v) is 22.4. The standard InChI is InChI=1S/3C10H14O4S.In/c3*1-7(2)9-5-4-8(3)6-10(9)14-15(11,12)13;/h3*4-7H,1-3H3,(H,11,12,13);/q;;;+3/p-3. The zero-order chi connectivity index (χ0) is 34.6. The molecule has 0 spiro atoms. The van der Waals surface area contributed by atoms with Crippen LogP contribution in [0.3, 0.4) is 0 Å². The summed E-state index contributed by atoms with van der Waals surface area (Å²) in [5.74, 6) is -0.805. The van der Waals surface area contributed by atoms with E-state index in [-0.39, 0.29) is 35.0 Å². The van der Waals surface area contributed by atoms with E-state index in [9.17, 15) is 25.3 Å². The molecule has 3 aromatic carbocycles. The zero-order valence-electron chi connectivity index (χ0n) is 27.1. The van der Waals surface area contributed by atoms with Crippen molar-refractivity contribution in [1.82, 2.24) is 0 Å². The third-order valence-electron chi connectivity index (χ3n) is 6.54. The van der Waals surface area contributed by atoms with E-state index in [2.05, 4.69) is 0 Å². The fourth-order valence-electron chi connectivity index (χ4n) is 4.30. The second-order valence-corrected chi connectivity index (χ2v) is 21.8. The van der Waals surface area contributed by atoms with Gasteiger partial charge >= 0.3 is 284 Å². The first-order chi connectivity index (χ1) is 21.2. The Kier molecular flexibility index (Phi) is 12.6. The molecule has 0 bridgehead atoms. The summed E-state index contributed by atoms with van der Waals surface area (Å²) in [5, 5.41) is 0. The predicted octanol–water partition coefficient (Wildman–Crippen LogP) is 6.29. The molecule has 16 heteroatoms. The van der Waals surface area contributed by atoms with Crippen molar-refractivity contribution in [2.45, 2.75) is 80.1 Å². The Balaban J connectivity index is 2.00. The van der Waals surface area contributed by atoms with Crippen LogP contribution in [-0.4, -0.2) is 48.0 Å². The number of rotatable bonds is 15. The van der Waals surface area contributed by atoms with Gasteiger partial charge in [-0.15, -0.1) is 0 Å². The van der Waals surface area contributed by atoms with Crippen molar-refractivity contribution in [2.24, 2.45) is 0 Å². The summed E-state index contributed by atoms with van der Waals surface area (Å²) < 4.78 is 109. The van der Waals surface area contributed by atoms with Crippen LogP contribution in [0.15, 0.2) is 54.6 Å². The molecule has 0 radical (unpaired) electrons. The summed E-state index contributed by atoms with van der Waals surface area (Å²) in [5.41, 5.74) is 3.48. The van der Waals surface area contributed by atoms with Crippen LogP contribution in [-0.2, 0) is 38.1 Å². The molecular weight excluding hydrogens is 763 g/mol. The minimum atomic E-state index is -5.77. The van der Waals surface area contributed by atoms with Crippen molar-refractivity contribution < 1.29 is 44.7 Å². The van der Waals surface area contributed by atoms with E-state index in [1.165, 1.54) is 18.2 Å². The van der Waals surface area contributed by atoms with E-state index in [0.717, 1.165) is 0 Å². The molecule has 252 valence electrons. The Morgan fingerprint density at radius 1 is 0.457 bits per heavy atom. The van der Waals surface area contributed by atoms with Gasteiger partial charge in [-0.1, -0.05) is 0 Å². The quantitative estimate of drug-likeness (QED) is 0.170.